The quantitative estimate of drug-likeness (QED) is 0.269. The van der Waals surface area contributed by atoms with E-state index in [0.29, 0.717) is 37.0 Å². The number of benzene rings is 1. The molecule has 12 heteroatoms. The fourth-order valence-electron chi connectivity index (χ4n) is 6.17. The molecule has 2 fully saturated rings. The number of aromatic nitrogens is 1. The van der Waals surface area contributed by atoms with Gasteiger partial charge in [0.15, 0.2) is 0 Å². The minimum absolute atomic E-state index is 0.0205. The lowest BCUT2D eigenvalue weighted by atomic mass is 9.82. The van der Waals surface area contributed by atoms with Crippen LogP contribution in [0.1, 0.15) is 79.8 Å². The molecule has 1 aromatic carbocycles. The van der Waals surface area contributed by atoms with Crippen molar-refractivity contribution >= 4 is 17.8 Å². The molecule has 0 radical (unpaired) electrons. The number of alkyl halides is 4. The number of pyridine rings is 1. The summed E-state index contributed by atoms with van der Waals surface area (Å²) in [5.41, 5.74) is -3.00. The molecule has 2 unspecified atom stereocenters. The first-order chi connectivity index (χ1) is 20.5. The molecular weight excluding hydrogens is 570 g/mol. The van der Waals surface area contributed by atoms with Gasteiger partial charge in [0.1, 0.15) is 11.4 Å². The van der Waals surface area contributed by atoms with Crippen LogP contribution in [0.15, 0.2) is 42.7 Å². The van der Waals surface area contributed by atoms with Crippen molar-refractivity contribution in [3.05, 3.63) is 59.4 Å². The maximum Gasteiger partial charge on any atom is 0.417 e. The number of carboxylic acids is 1. The molecule has 0 aliphatic carbocycles. The Morgan fingerprint density at radius 3 is 2.51 bits per heavy atom. The van der Waals surface area contributed by atoms with Gasteiger partial charge in [0.05, 0.1) is 23.7 Å². The van der Waals surface area contributed by atoms with Crippen LogP contribution >= 0.6 is 0 Å². The topological polar surface area (TPSA) is 100 Å². The molecule has 1 N–H and O–H groups in total. The Morgan fingerprint density at radius 2 is 1.84 bits per heavy atom. The van der Waals surface area contributed by atoms with Crippen LogP contribution in [-0.2, 0) is 21.4 Å². The predicted molar refractivity (Wildman–Crippen MR) is 149 cm³/mol. The highest BCUT2D eigenvalue weighted by atomic mass is 19.4. The number of halogens is 4. The second-order valence-corrected chi connectivity index (χ2v) is 11.2. The van der Waals surface area contributed by atoms with Crippen molar-refractivity contribution in [2.45, 2.75) is 76.2 Å². The van der Waals surface area contributed by atoms with Crippen LogP contribution in [0.3, 0.4) is 0 Å². The predicted octanol–water partition coefficient (Wildman–Crippen LogP) is 5.85. The summed E-state index contributed by atoms with van der Waals surface area (Å²) in [5.74, 6) is -2.23. The molecule has 0 spiro atoms. The summed E-state index contributed by atoms with van der Waals surface area (Å²) in [5, 5.41) is 8.84. The lowest BCUT2D eigenvalue weighted by Gasteiger charge is -2.44. The number of piperidine rings is 2. The van der Waals surface area contributed by atoms with Gasteiger partial charge < -0.3 is 19.6 Å². The summed E-state index contributed by atoms with van der Waals surface area (Å²) in [6.45, 7) is 2.52. The Morgan fingerprint density at radius 1 is 1.12 bits per heavy atom. The molecule has 1 aromatic heterocycles. The van der Waals surface area contributed by atoms with Crippen molar-refractivity contribution in [2.75, 3.05) is 26.2 Å². The summed E-state index contributed by atoms with van der Waals surface area (Å²) in [4.78, 5) is 44.8. The Balaban J connectivity index is 1.47. The number of nitrogens with zero attached hydrogens (tertiary/aromatic N) is 3. The van der Waals surface area contributed by atoms with Gasteiger partial charge in [0.2, 0.25) is 5.91 Å². The number of carboxylic acid groups (broad SMARTS) is 1. The molecule has 0 bridgehead atoms. The van der Waals surface area contributed by atoms with Crippen molar-refractivity contribution in [1.82, 2.24) is 14.8 Å². The van der Waals surface area contributed by atoms with Crippen molar-refractivity contribution in [3.63, 3.8) is 0 Å². The number of aliphatic carboxylic acids is 1. The van der Waals surface area contributed by atoms with Gasteiger partial charge in [-0.3, -0.25) is 19.4 Å². The van der Waals surface area contributed by atoms with Crippen LogP contribution < -0.4 is 4.74 Å². The van der Waals surface area contributed by atoms with E-state index >= 15 is 4.39 Å². The minimum Gasteiger partial charge on any atom is -0.493 e. The Kier molecular flexibility index (Phi) is 10.3. The summed E-state index contributed by atoms with van der Waals surface area (Å²) < 4.78 is 63.0. The van der Waals surface area contributed by atoms with Crippen LogP contribution in [0.25, 0.3) is 0 Å². The fraction of sp³-hybridized carbons (Fsp3) is 0.548. The molecule has 3 heterocycles. The standard InChI is InChI=1S/C31H37F4N3O5/c1-2-7-25-21(8-5-16-38(25)29(42)22-20-36-15-12-23(22)31(33,34)35)28(41)37-17-13-30(32,14-18-37)24-9-3-4-10-26(24)43-19-6-11-27(39)40/h3-4,9-10,12,15,20-21,25H,2,5-8,11,13-14,16-19H2,1H3,(H,39,40). The molecule has 43 heavy (non-hydrogen) atoms. The zero-order chi connectivity index (χ0) is 31.2. The fourth-order valence-corrected chi connectivity index (χ4v) is 6.17. The summed E-state index contributed by atoms with van der Waals surface area (Å²) >= 11 is 0. The number of carbonyl (C=O) groups excluding carboxylic acids is 2. The molecule has 2 saturated heterocycles. The van der Waals surface area contributed by atoms with Crippen LogP contribution in [0.2, 0.25) is 0 Å². The van der Waals surface area contributed by atoms with E-state index in [1.165, 1.54) is 4.90 Å². The van der Waals surface area contributed by atoms with E-state index in [4.69, 9.17) is 9.84 Å². The van der Waals surface area contributed by atoms with Crippen molar-refractivity contribution in [3.8, 4) is 5.75 Å². The largest absolute Gasteiger partial charge is 0.493 e. The Bertz CT molecular complexity index is 1300. The number of hydrogen-bond acceptors (Lipinski definition) is 5. The van der Waals surface area contributed by atoms with Gasteiger partial charge in [-0.25, -0.2) is 4.39 Å². The highest BCUT2D eigenvalue weighted by Crippen LogP contribution is 2.42. The molecule has 234 valence electrons. The third-order valence-electron chi connectivity index (χ3n) is 8.33. The number of hydrogen-bond donors (Lipinski definition) is 1. The smallest absolute Gasteiger partial charge is 0.417 e. The number of para-hydroxylation sites is 1. The van der Waals surface area contributed by atoms with Crippen LogP contribution in [-0.4, -0.2) is 70.0 Å². The second kappa shape index (κ2) is 13.7. The molecule has 4 rings (SSSR count). The van der Waals surface area contributed by atoms with Gasteiger partial charge in [-0.15, -0.1) is 0 Å². The van der Waals surface area contributed by atoms with Gasteiger partial charge >= 0.3 is 12.1 Å². The molecule has 2 aliphatic rings. The minimum atomic E-state index is -4.73. The highest BCUT2D eigenvalue weighted by molar-refractivity contribution is 5.96. The maximum absolute atomic E-state index is 16.3. The van der Waals surface area contributed by atoms with Gasteiger partial charge in [-0.1, -0.05) is 31.5 Å². The lowest BCUT2D eigenvalue weighted by molar-refractivity contribution is -0.142. The number of amides is 2. The molecule has 2 atom stereocenters. The van der Waals surface area contributed by atoms with E-state index in [9.17, 15) is 27.6 Å². The van der Waals surface area contributed by atoms with Crippen molar-refractivity contribution in [1.29, 1.82) is 0 Å². The number of likely N-dealkylation sites (tertiary alicyclic amines) is 2. The summed E-state index contributed by atoms with van der Waals surface area (Å²) in [7, 11) is 0. The molecule has 0 saturated carbocycles. The first kappa shape index (κ1) is 32.2. The first-order valence-corrected chi connectivity index (χ1v) is 14.7. The Hall–Kier alpha value is -3.70. The van der Waals surface area contributed by atoms with Crippen molar-refractivity contribution < 1.29 is 41.8 Å². The van der Waals surface area contributed by atoms with Crippen molar-refractivity contribution in [2.24, 2.45) is 5.92 Å². The van der Waals surface area contributed by atoms with E-state index in [-0.39, 0.29) is 57.8 Å². The first-order valence-electron chi connectivity index (χ1n) is 14.7. The molecular formula is C31H37F4N3O5. The number of carbonyl (C=O) groups is 3. The number of rotatable bonds is 10. The van der Waals surface area contributed by atoms with Gasteiger partial charge in [-0.2, -0.15) is 13.2 Å². The number of ether oxygens (including phenoxy) is 1. The molecule has 8 nitrogen and oxygen atoms in total. The van der Waals surface area contributed by atoms with Gasteiger partial charge in [0, 0.05) is 62.9 Å². The molecule has 2 aliphatic heterocycles. The van der Waals surface area contributed by atoms with E-state index in [0.717, 1.165) is 18.5 Å². The average molecular weight is 608 g/mol. The average Bonchev–Trinajstić information content (AvgIpc) is 2.99. The third kappa shape index (κ3) is 7.45. The Labute approximate surface area is 248 Å². The van der Waals surface area contributed by atoms with E-state index in [2.05, 4.69) is 4.98 Å². The zero-order valence-electron chi connectivity index (χ0n) is 24.1. The summed E-state index contributed by atoms with van der Waals surface area (Å²) in [6, 6.07) is 6.89. The highest BCUT2D eigenvalue weighted by Gasteiger charge is 2.45. The maximum atomic E-state index is 16.3. The molecule has 2 amide bonds. The monoisotopic (exact) mass is 607 g/mol. The second-order valence-electron chi connectivity index (χ2n) is 11.2. The summed E-state index contributed by atoms with van der Waals surface area (Å²) in [6.07, 6.45) is -0.541. The van der Waals surface area contributed by atoms with Crippen LogP contribution in [0.5, 0.6) is 5.75 Å². The molecule has 2 aromatic rings. The van der Waals surface area contributed by atoms with E-state index < -0.39 is 46.8 Å². The normalized spacial score (nSPS) is 20.5. The zero-order valence-corrected chi connectivity index (χ0v) is 24.1. The SMILES string of the molecule is CCCC1C(C(=O)N2CCC(F)(c3ccccc3OCCCC(=O)O)CC2)CCCN1C(=O)c1cnccc1C(F)(F)F. The van der Waals surface area contributed by atoms with Gasteiger partial charge in [-0.05, 0) is 37.8 Å². The lowest BCUT2D eigenvalue weighted by Crippen LogP contribution is -2.55. The van der Waals surface area contributed by atoms with E-state index in [1.807, 2.05) is 6.92 Å². The third-order valence-corrected chi connectivity index (χ3v) is 8.33. The van der Waals surface area contributed by atoms with Gasteiger partial charge in [0.25, 0.3) is 5.91 Å². The van der Waals surface area contributed by atoms with E-state index in [1.54, 1.807) is 29.2 Å². The van der Waals surface area contributed by atoms with Crippen LogP contribution in [0, 0.1) is 5.92 Å². The van der Waals surface area contributed by atoms with Crippen LogP contribution in [0.4, 0.5) is 17.6 Å².